The van der Waals surface area contributed by atoms with Gasteiger partial charge in [-0.15, -0.1) is 11.3 Å². The lowest BCUT2D eigenvalue weighted by molar-refractivity contribution is -0.143. The summed E-state index contributed by atoms with van der Waals surface area (Å²) in [6, 6.07) is -0.0484. The zero-order chi connectivity index (χ0) is 25.8. The van der Waals surface area contributed by atoms with E-state index in [1.807, 2.05) is 13.8 Å². The number of thiophene rings is 1. The van der Waals surface area contributed by atoms with E-state index in [0.29, 0.717) is 36.4 Å². The van der Waals surface area contributed by atoms with Crippen LogP contribution in [0, 0.1) is 0 Å². The Hall–Kier alpha value is -1.38. The molecule has 2 unspecified atom stereocenters. The molecule has 10 nitrogen and oxygen atoms in total. The molecule has 0 saturated carbocycles. The van der Waals surface area contributed by atoms with E-state index < -0.39 is 49.1 Å². The lowest BCUT2D eigenvalue weighted by Crippen LogP contribution is -2.45. The minimum atomic E-state index is -4.17. The molecule has 1 aromatic rings. The Labute approximate surface area is 206 Å². The summed E-state index contributed by atoms with van der Waals surface area (Å²) in [5.41, 5.74) is 0.438. The molecule has 13 heteroatoms. The van der Waals surface area contributed by atoms with Gasteiger partial charge in [0.15, 0.2) is 15.6 Å². The highest BCUT2D eigenvalue weighted by atomic mass is 32.3. The van der Waals surface area contributed by atoms with Gasteiger partial charge in [0.1, 0.15) is 20.6 Å². The minimum absolute atomic E-state index is 0.0418. The molecule has 1 aromatic heterocycles. The lowest BCUT2D eigenvalue weighted by atomic mass is 10.1. The molecule has 5 atom stereocenters. The van der Waals surface area contributed by atoms with Crippen LogP contribution in [0.15, 0.2) is 14.5 Å². The van der Waals surface area contributed by atoms with Gasteiger partial charge >= 0.3 is 0 Å². The van der Waals surface area contributed by atoms with Gasteiger partial charge in [0.2, 0.25) is 5.91 Å². The number of sulfone groups is 1. The first-order chi connectivity index (χ1) is 15.8. The van der Waals surface area contributed by atoms with Gasteiger partial charge in [-0.1, -0.05) is 13.8 Å². The molecule has 2 rings (SSSR count). The molecule has 0 aliphatic carbocycles. The van der Waals surface area contributed by atoms with E-state index in [1.54, 1.807) is 6.92 Å². The van der Waals surface area contributed by atoms with Crippen molar-refractivity contribution >= 4 is 42.9 Å². The number of ketones is 1. The van der Waals surface area contributed by atoms with Crippen LogP contribution in [-0.2, 0) is 34.2 Å². The van der Waals surface area contributed by atoms with E-state index in [-0.39, 0.29) is 20.4 Å². The van der Waals surface area contributed by atoms with Crippen LogP contribution in [0.1, 0.15) is 66.0 Å². The van der Waals surface area contributed by atoms with Gasteiger partial charge in [-0.2, -0.15) is 0 Å². The number of carbonyl (C=O) groups excluding carboxylic acids is 2. The van der Waals surface area contributed by atoms with Gasteiger partial charge in [0, 0.05) is 18.2 Å². The molecule has 34 heavy (non-hydrogen) atoms. The Morgan fingerprint density at radius 1 is 1.21 bits per heavy atom. The fourth-order valence-electron chi connectivity index (χ4n) is 3.70. The van der Waals surface area contributed by atoms with Crippen molar-refractivity contribution < 1.29 is 31.2 Å². The first-order valence-electron chi connectivity index (χ1n) is 11.4. The van der Waals surface area contributed by atoms with Crippen LogP contribution < -0.4 is 15.4 Å². The molecular formula is C21H35N3O7S3. The summed E-state index contributed by atoms with van der Waals surface area (Å²) < 4.78 is 59.3. The highest BCUT2D eigenvalue weighted by molar-refractivity contribution is 7.95. The highest BCUT2D eigenvalue weighted by Gasteiger charge is 2.40. The summed E-state index contributed by atoms with van der Waals surface area (Å²) in [5, 5.41) is 5.25. The maximum atomic E-state index is 13.0. The number of ether oxygens (including phenoxy) is 1. The summed E-state index contributed by atoms with van der Waals surface area (Å²) in [6.45, 7) is 10.9. The number of rotatable bonds is 12. The molecular weight excluding hydrogens is 502 g/mol. The largest absolute Gasteiger partial charge is 0.358 e. The first-order valence-corrected chi connectivity index (χ1v) is 15.2. The average molecular weight is 538 g/mol. The molecule has 2 heterocycles. The summed E-state index contributed by atoms with van der Waals surface area (Å²) in [4.78, 5) is 24.7. The van der Waals surface area contributed by atoms with Crippen molar-refractivity contribution in [2.45, 2.75) is 92.3 Å². The van der Waals surface area contributed by atoms with Crippen molar-refractivity contribution in [3.63, 3.8) is 0 Å². The van der Waals surface area contributed by atoms with Gasteiger partial charge in [-0.3, -0.25) is 9.59 Å². The predicted molar refractivity (Wildman–Crippen MR) is 130 cm³/mol. The number of carbonyl (C=O) groups is 2. The van der Waals surface area contributed by atoms with E-state index in [9.17, 15) is 26.4 Å². The van der Waals surface area contributed by atoms with E-state index in [4.69, 9.17) is 4.74 Å². The molecule has 1 aliphatic heterocycles. The van der Waals surface area contributed by atoms with E-state index in [1.165, 1.54) is 26.8 Å². The number of Topliss-reactive ketones (excluding diaryl/α,β-unsaturated/α-hetero) is 1. The minimum Gasteiger partial charge on any atom is -0.358 e. The molecule has 0 radical (unpaired) electrons. The fourth-order valence-corrected chi connectivity index (χ4v) is 8.93. The Morgan fingerprint density at radius 3 is 2.44 bits per heavy atom. The van der Waals surface area contributed by atoms with Crippen molar-refractivity contribution in [1.82, 2.24) is 15.4 Å². The lowest BCUT2D eigenvalue weighted by Gasteiger charge is -2.27. The van der Waals surface area contributed by atoms with Crippen molar-refractivity contribution in [3.05, 3.63) is 11.6 Å². The number of fused-ring (bicyclic) bond motifs is 1. The molecule has 1 aliphatic rings. The zero-order valence-electron chi connectivity index (χ0n) is 20.4. The maximum absolute atomic E-state index is 13.0. The molecule has 0 spiro atoms. The van der Waals surface area contributed by atoms with Crippen LogP contribution in [0.4, 0.5) is 0 Å². The second-order valence-corrected chi connectivity index (χ2v) is 14.0. The van der Waals surface area contributed by atoms with Crippen molar-refractivity contribution in [3.8, 4) is 0 Å². The highest BCUT2D eigenvalue weighted by Crippen LogP contribution is 2.42. The smallest absolute Gasteiger partial charge is 0.250 e. The van der Waals surface area contributed by atoms with E-state index in [0.717, 1.165) is 6.42 Å². The van der Waals surface area contributed by atoms with Crippen molar-refractivity contribution in [2.75, 3.05) is 13.1 Å². The Bertz CT molecular complexity index is 1100. The van der Waals surface area contributed by atoms with Gasteiger partial charge in [-0.05, 0) is 53.1 Å². The van der Waals surface area contributed by atoms with Crippen LogP contribution in [-0.4, -0.2) is 65.1 Å². The van der Waals surface area contributed by atoms with Gasteiger partial charge in [-0.25, -0.2) is 21.6 Å². The molecule has 194 valence electrons. The molecule has 0 aromatic carbocycles. The Morgan fingerprint density at radius 2 is 1.85 bits per heavy atom. The molecule has 1 amide bonds. The summed E-state index contributed by atoms with van der Waals surface area (Å²) in [6.07, 6.45) is -0.807. The second-order valence-electron chi connectivity index (χ2n) is 8.47. The molecule has 0 fully saturated rings. The number of amides is 1. The van der Waals surface area contributed by atoms with Gasteiger partial charge in [0.05, 0.1) is 11.3 Å². The normalized spacial score (nSPS) is 22.4. The third kappa shape index (κ3) is 6.43. The first kappa shape index (κ1) is 28.9. The summed E-state index contributed by atoms with van der Waals surface area (Å²) >= 11 is 0.693. The quantitative estimate of drug-likeness (QED) is 0.364. The van der Waals surface area contributed by atoms with Crippen molar-refractivity contribution in [2.24, 2.45) is 0 Å². The van der Waals surface area contributed by atoms with Crippen LogP contribution in [0.5, 0.6) is 0 Å². The van der Waals surface area contributed by atoms with Crippen LogP contribution in [0.25, 0.3) is 0 Å². The zero-order valence-corrected chi connectivity index (χ0v) is 22.8. The number of hydrogen-bond acceptors (Lipinski definition) is 9. The maximum Gasteiger partial charge on any atom is 0.250 e. The topological polar surface area (TPSA) is 148 Å². The van der Waals surface area contributed by atoms with Crippen LogP contribution >= 0.6 is 11.3 Å². The van der Waals surface area contributed by atoms with Gasteiger partial charge < -0.3 is 15.4 Å². The summed E-state index contributed by atoms with van der Waals surface area (Å²) in [7, 11) is -7.81. The van der Waals surface area contributed by atoms with E-state index in [2.05, 4.69) is 15.4 Å². The average Bonchev–Trinajstić information content (AvgIpc) is 3.23. The van der Waals surface area contributed by atoms with Crippen molar-refractivity contribution in [1.29, 1.82) is 0 Å². The predicted octanol–water partition coefficient (Wildman–Crippen LogP) is 1.52. The van der Waals surface area contributed by atoms with Gasteiger partial charge in [0.25, 0.3) is 10.0 Å². The van der Waals surface area contributed by atoms with Crippen LogP contribution in [0.3, 0.4) is 0 Å². The third-order valence-corrected chi connectivity index (χ3v) is 11.5. The molecule has 0 bridgehead atoms. The molecule has 0 saturated heterocycles. The standard InChI is InChI=1S/C21H35N3O7S3/c1-7-9-23-20(26)15(6)31-14(5)19(25)13(4)24-34(29,30)18-11-16-17(22-8-2)10-12(3)33(27,28)21(16)32-18/h11-15,17,22,24H,7-10H2,1-6H3,(H,23,26)/t12-,13?,14-,15?,17-/m0/s1. The fraction of sp³-hybridized carbons (Fsp3) is 0.714. The van der Waals surface area contributed by atoms with Crippen LogP contribution in [0.2, 0.25) is 0 Å². The Balaban J connectivity index is 2.18. The number of hydrogen-bond donors (Lipinski definition) is 3. The molecule has 3 N–H and O–H groups in total. The monoisotopic (exact) mass is 537 g/mol. The number of nitrogens with one attached hydrogen (secondary N) is 3. The number of sulfonamides is 1. The third-order valence-electron chi connectivity index (χ3n) is 5.63. The van der Waals surface area contributed by atoms with E-state index >= 15 is 0 Å². The Kier molecular flexibility index (Phi) is 9.82. The second kappa shape index (κ2) is 11.6. The summed E-state index contributed by atoms with van der Waals surface area (Å²) in [5.74, 6) is -0.906. The SMILES string of the molecule is CCCNC(=O)C(C)O[C@@H](C)C(=O)C(C)NS(=O)(=O)c1cc2c(s1)S(=O)(=O)[C@@H](C)C[C@@H]2NCC.